The molecule has 0 aliphatic carbocycles. The molecule has 0 bridgehead atoms. The molecular formula is C10H8BrF3O2. The molecular weight excluding hydrogens is 289 g/mol. The lowest BCUT2D eigenvalue weighted by molar-refractivity contribution is -0.0502. The lowest BCUT2D eigenvalue weighted by Gasteiger charge is -2.10. The van der Waals surface area contributed by atoms with Gasteiger partial charge in [0.05, 0.1) is 10.4 Å². The van der Waals surface area contributed by atoms with Crippen LogP contribution >= 0.6 is 15.9 Å². The maximum absolute atomic E-state index is 12.8. The van der Waals surface area contributed by atoms with Crippen molar-refractivity contribution < 1.29 is 22.7 Å². The van der Waals surface area contributed by atoms with Crippen molar-refractivity contribution in [2.45, 2.75) is 18.4 Å². The lowest BCUT2D eigenvalue weighted by Crippen LogP contribution is -2.14. The average molecular weight is 297 g/mol. The molecule has 0 spiro atoms. The van der Waals surface area contributed by atoms with Gasteiger partial charge in [0.2, 0.25) is 0 Å². The van der Waals surface area contributed by atoms with Crippen LogP contribution in [0, 0.1) is 5.82 Å². The predicted molar refractivity (Wildman–Crippen MR) is 55.8 cm³/mol. The average Bonchev–Trinajstić information content (AvgIpc) is 2.15. The van der Waals surface area contributed by atoms with Gasteiger partial charge in [0.1, 0.15) is 11.6 Å². The minimum absolute atomic E-state index is 0.0777. The summed E-state index contributed by atoms with van der Waals surface area (Å²) in [4.78, 5) is 11.0. The lowest BCUT2D eigenvalue weighted by atomic mass is 10.1. The van der Waals surface area contributed by atoms with Gasteiger partial charge in [-0.2, -0.15) is 8.78 Å². The number of ketones is 1. The van der Waals surface area contributed by atoms with Crippen molar-refractivity contribution in [3.05, 3.63) is 29.6 Å². The molecule has 0 amide bonds. The number of hydrogen-bond acceptors (Lipinski definition) is 2. The largest absolute Gasteiger partial charge is 0.434 e. The standard InChI is InChI=1S/C10H8BrF3O2/c1-5(11)9(15)7-3-2-6(12)4-8(7)16-10(13)14/h2-5,10H,1H3. The van der Waals surface area contributed by atoms with Gasteiger partial charge in [-0.25, -0.2) is 4.39 Å². The summed E-state index contributed by atoms with van der Waals surface area (Å²) in [5, 5.41) is 0. The van der Waals surface area contributed by atoms with Gasteiger partial charge in [-0.15, -0.1) is 0 Å². The van der Waals surface area contributed by atoms with Crippen molar-refractivity contribution in [1.29, 1.82) is 0 Å². The molecule has 1 aromatic rings. The Kier molecular flexibility index (Phi) is 4.35. The summed E-state index contributed by atoms with van der Waals surface area (Å²) < 4.78 is 41.0. The number of ether oxygens (including phenoxy) is 1. The smallest absolute Gasteiger partial charge is 0.387 e. The van der Waals surface area contributed by atoms with Crippen LogP contribution in [0.3, 0.4) is 0 Å². The zero-order valence-electron chi connectivity index (χ0n) is 8.22. The van der Waals surface area contributed by atoms with Gasteiger partial charge in [0.25, 0.3) is 0 Å². The van der Waals surface area contributed by atoms with Gasteiger partial charge < -0.3 is 4.74 Å². The van der Waals surface area contributed by atoms with Crippen molar-refractivity contribution in [1.82, 2.24) is 0 Å². The Hall–Kier alpha value is -1.04. The van der Waals surface area contributed by atoms with Crippen molar-refractivity contribution in [3.63, 3.8) is 0 Å². The molecule has 0 aromatic heterocycles. The minimum Gasteiger partial charge on any atom is -0.434 e. The normalized spacial score (nSPS) is 12.6. The molecule has 16 heavy (non-hydrogen) atoms. The summed E-state index contributed by atoms with van der Waals surface area (Å²) in [5.41, 5.74) is -0.0777. The fraction of sp³-hybridized carbons (Fsp3) is 0.300. The highest BCUT2D eigenvalue weighted by atomic mass is 79.9. The Morgan fingerprint density at radius 1 is 1.44 bits per heavy atom. The quantitative estimate of drug-likeness (QED) is 0.629. The highest BCUT2D eigenvalue weighted by molar-refractivity contribution is 9.10. The number of Topliss-reactive ketones (excluding diaryl/α,β-unsaturated/α-hetero) is 1. The predicted octanol–water partition coefficient (Wildman–Crippen LogP) is 3.39. The van der Waals surface area contributed by atoms with E-state index in [9.17, 15) is 18.0 Å². The van der Waals surface area contributed by atoms with Gasteiger partial charge in [-0.1, -0.05) is 15.9 Å². The van der Waals surface area contributed by atoms with E-state index in [1.165, 1.54) is 6.92 Å². The van der Waals surface area contributed by atoms with E-state index in [1.54, 1.807) is 0 Å². The van der Waals surface area contributed by atoms with Gasteiger partial charge in [-0.05, 0) is 19.1 Å². The summed E-state index contributed by atoms with van der Waals surface area (Å²) in [5.74, 6) is -1.64. The number of benzene rings is 1. The van der Waals surface area contributed by atoms with Crippen LogP contribution < -0.4 is 4.74 Å². The summed E-state index contributed by atoms with van der Waals surface area (Å²) in [6.07, 6.45) is 0. The summed E-state index contributed by atoms with van der Waals surface area (Å²) in [6.45, 7) is -1.56. The van der Waals surface area contributed by atoms with Crippen molar-refractivity contribution >= 4 is 21.7 Å². The molecule has 0 radical (unpaired) electrons. The van der Waals surface area contributed by atoms with E-state index in [4.69, 9.17) is 0 Å². The number of carbonyl (C=O) groups excluding carboxylic acids is 1. The van der Waals surface area contributed by atoms with Gasteiger partial charge in [0, 0.05) is 6.07 Å². The molecule has 1 rings (SSSR count). The minimum atomic E-state index is -3.10. The van der Waals surface area contributed by atoms with E-state index in [0.717, 1.165) is 18.2 Å². The van der Waals surface area contributed by atoms with Crippen molar-refractivity contribution in [2.75, 3.05) is 0 Å². The molecule has 88 valence electrons. The van der Waals surface area contributed by atoms with Crippen molar-refractivity contribution in [2.24, 2.45) is 0 Å². The van der Waals surface area contributed by atoms with E-state index in [2.05, 4.69) is 20.7 Å². The first-order chi connectivity index (χ1) is 7.41. The third-order valence-corrected chi connectivity index (χ3v) is 2.20. The molecule has 1 atom stereocenters. The number of hydrogen-bond donors (Lipinski definition) is 0. The summed E-state index contributed by atoms with van der Waals surface area (Å²) in [6, 6.07) is 2.89. The topological polar surface area (TPSA) is 26.3 Å². The summed E-state index contributed by atoms with van der Waals surface area (Å²) in [7, 11) is 0. The molecule has 1 aromatic carbocycles. The maximum atomic E-state index is 12.8. The first kappa shape index (κ1) is 13.0. The van der Waals surface area contributed by atoms with E-state index in [0.29, 0.717) is 0 Å². The highest BCUT2D eigenvalue weighted by Crippen LogP contribution is 2.24. The van der Waals surface area contributed by atoms with Crippen LogP contribution in [0.25, 0.3) is 0 Å². The Bertz CT molecular complexity index is 394. The third kappa shape index (κ3) is 3.23. The van der Waals surface area contributed by atoms with Crippen LogP contribution in [-0.2, 0) is 0 Å². The molecule has 0 saturated carbocycles. The second-order valence-corrected chi connectivity index (χ2v) is 4.37. The van der Waals surface area contributed by atoms with E-state index in [1.807, 2.05) is 0 Å². The van der Waals surface area contributed by atoms with Crippen molar-refractivity contribution in [3.8, 4) is 5.75 Å². The SMILES string of the molecule is CC(Br)C(=O)c1ccc(F)cc1OC(F)F. The Balaban J connectivity index is 3.12. The molecule has 0 saturated heterocycles. The molecule has 2 nitrogen and oxygen atoms in total. The van der Waals surface area contributed by atoms with Crippen LogP contribution in [0.15, 0.2) is 18.2 Å². The molecule has 0 N–H and O–H groups in total. The number of rotatable bonds is 4. The molecule has 0 aliphatic heterocycles. The Morgan fingerprint density at radius 2 is 2.06 bits per heavy atom. The van der Waals surface area contributed by atoms with Crippen LogP contribution in [0.4, 0.5) is 13.2 Å². The number of carbonyl (C=O) groups is 1. The van der Waals surface area contributed by atoms with Gasteiger partial charge in [0.15, 0.2) is 5.78 Å². The number of alkyl halides is 3. The monoisotopic (exact) mass is 296 g/mol. The number of halogens is 4. The second kappa shape index (κ2) is 5.34. The fourth-order valence-electron chi connectivity index (χ4n) is 1.11. The second-order valence-electron chi connectivity index (χ2n) is 3.00. The molecule has 0 aliphatic rings. The Morgan fingerprint density at radius 3 is 2.56 bits per heavy atom. The highest BCUT2D eigenvalue weighted by Gasteiger charge is 2.19. The first-order valence-corrected chi connectivity index (χ1v) is 5.26. The Labute approximate surface area is 98.5 Å². The zero-order chi connectivity index (χ0) is 12.3. The van der Waals surface area contributed by atoms with E-state index < -0.39 is 28.8 Å². The molecule has 0 heterocycles. The molecule has 1 unspecified atom stereocenters. The van der Waals surface area contributed by atoms with Gasteiger partial charge >= 0.3 is 6.61 Å². The van der Waals surface area contributed by atoms with E-state index in [-0.39, 0.29) is 5.56 Å². The maximum Gasteiger partial charge on any atom is 0.387 e. The first-order valence-electron chi connectivity index (χ1n) is 4.34. The fourth-order valence-corrected chi connectivity index (χ4v) is 1.35. The van der Waals surface area contributed by atoms with Crippen LogP contribution in [0.1, 0.15) is 17.3 Å². The van der Waals surface area contributed by atoms with Gasteiger partial charge in [-0.3, -0.25) is 4.79 Å². The van der Waals surface area contributed by atoms with Crippen LogP contribution in [0.5, 0.6) is 5.75 Å². The molecule has 0 fully saturated rings. The van der Waals surface area contributed by atoms with E-state index >= 15 is 0 Å². The molecule has 6 heteroatoms. The zero-order valence-corrected chi connectivity index (χ0v) is 9.80. The summed E-state index contributed by atoms with van der Waals surface area (Å²) >= 11 is 3.01. The van der Waals surface area contributed by atoms with Crippen LogP contribution in [-0.4, -0.2) is 17.2 Å². The van der Waals surface area contributed by atoms with Crippen LogP contribution in [0.2, 0.25) is 0 Å². The third-order valence-electron chi connectivity index (χ3n) is 1.79.